The van der Waals surface area contributed by atoms with Gasteiger partial charge in [0.2, 0.25) is 0 Å². The molecule has 0 saturated carbocycles. The number of aryl methyl sites for hydroxylation is 1. The summed E-state index contributed by atoms with van der Waals surface area (Å²) in [6.07, 6.45) is 6.90. The SMILES string of the molecule is CC(C)c1ccc(N(c2cc(C(C)(C)C)cc3c2ccc2c4cc(C(C)(C)C)cc(N(c5ccc(C(C)C)cc5)c5cccc6c5sc5ccccc56)c4ccc32)c2cccc3c4c(sc23)CCC=C4)cc1. The number of hydrogen-bond acceptors (Lipinski definition) is 4. The van der Waals surface area contributed by atoms with Gasteiger partial charge in [-0.1, -0.05) is 172 Å². The van der Waals surface area contributed by atoms with Crippen molar-refractivity contribution in [2.75, 3.05) is 9.80 Å². The molecular weight excluding hydrogens is 909 g/mol. The van der Waals surface area contributed by atoms with Crippen molar-refractivity contribution in [3.05, 3.63) is 196 Å². The lowest BCUT2D eigenvalue weighted by Crippen LogP contribution is -2.16. The number of rotatable bonds is 8. The fraction of sp³-hybridized carbons (Fsp3) is 0.235. The number of thiophene rings is 2. The molecule has 0 fully saturated rings. The Balaban J connectivity index is 1.15. The molecule has 11 aromatic rings. The second-order valence-corrected chi connectivity index (χ2v) is 25.0. The van der Waals surface area contributed by atoms with Crippen molar-refractivity contribution in [1.82, 2.24) is 0 Å². The molecule has 4 heteroatoms. The first-order chi connectivity index (χ1) is 34.6. The molecule has 0 atom stereocenters. The molecule has 2 nitrogen and oxygen atoms in total. The summed E-state index contributed by atoms with van der Waals surface area (Å²) in [6.45, 7) is 23.3. The zero-order valence-electron chi connectivity index (χ0n) is 43.4. The zero-order valence-corrected chi connectivity index (χ0v) is 45.1. The van der Waals surface area contributed by atoms with Gasteiger partial charge in [0.05, 0.1) is 32.1 Å². The van der Waals surface area contributed by atoms with Gasteiger partial charge in [0, 0.05) is 47.9 Å². The summed E-state index contributed by atoms with van der Waals surface area (Å²) in [7, 11) is 0. The summed E-state index contributed by atoms with van der Waals surface area (Å²) < 4.78 is 3.96. The fourth-order valence-corrected chi connectivity index (χ4v) is 13.7. The van der Waals surface area contributed by atoms with Crippen LogP contribution < -0.4 is 9.80 Å². The number of allylic oxidation sites excluding steroid dienone is 1. The Labute approximate surface area is 433 Å². The summed E-state index contributed by atoms with van der Waals surface area (Å²) in [6, 6.07) is 61.1. The Kier molecular flexibility index (Phi) is 11.3. The van der Waals surface area contributed by atoms with Crippen LogP contribution in [0.3, 0.4) is 0 Å². The van der Waals surface area contributed by atoms with Crippen LogP contribution in [-0.2, 0) is 17.3 Å². The van der Waals surface area contributed by atoms with E-state index in [1.165, 1.54) is 124 Å². The first-order valence-electron chi connectivity index (χ1n) is 26.0. The van der Waals surface area contributed by atoms with Crippen molar-refractivity contribution in [2.24, 2.45) is 0 Å². The predicted octanol–water partition coefficient (Wildman–Crippen LogP) is 21.5. The van der Waals surface area contributed by atoms with Crippen molar-refractivity contribution in [3.8, 4) is 0 Å². The van der Waals surface area contributed by atoms with Crippen LogP contribution in [0, 0.1) is 0 Å². The van der Waals surface area contributed by atoms with Gasteiger partial charge >= 0.3 is 0 Å². The minimum absolute atomic E-state index is 0.111. The van der Waals surface area contributed by atoms with Crippen LogP contribution >= 0.6 is 22.7 Å². The van der Waals surface area contributed by atoms with Gasteiger partial charge < -0.3 is 9.80 Å². The van der Waals surface area contributed by atoms with Crippen molar-refractivity contribution >= 4 is 125 Å². The lowest BCUT2D eigenvalue weighted by atomic mass is 9.82. The Morgan fingerprint density at radius 3 is 1.40 bits per heavy atom. The van der Waals surface area contributed by atoms with E-state index in [2.05, 4.69) is 249 Å². The smallest absolute Gasteiger partial charge is 0.0640 e. The minimum Gasteiger partial charge on any atom is -0.308 e. The molecule has 0 saturated heterocycles. The molecule has 9 aromatic carbocycles. The molecule has 0 unspecified atom stereocenters. The molecule has 358 valence electrons. The van der Waals surface area contributed by atoms with Crippen LogP contribution in [0.2, 0.25) is 0 Å². The van der Waals surface area contributed by atoms with Crippen LogP contribution in [0.25, 0.3) is 68.7 Å². The molecule has 0 bridgehead atoms. The van der Waals surface area contributed by atoms with Gasteiger partial charge in [-0.25, -0.2) is 0 Å². The summed E-state index contributed by atoms with van der Waals surface area (Å²) >= 11 is 3.88. The van der Waals surface area contributed by atoms with Gasteiger partial charge in [-0.2, -0.15) is 0 Å². The second kappa shape index (κ2) is 17.5. The van der Waals surface area contributed by atoms with Gasteiger partial charge in [-0.3, -0.25) is 0 Å². The molecule has 0 N–H and O–H groups in total. The monoisotopic (exact) mass is 972 g/mol. The maximum atomic E-state index is 2.58. The summed E-state index contributed by atoms with van der Waals surface area (Å²) in [4.78, 5) is 6.63. The van der Waals surface area contributed by atoms with Gasteiger partial charge in [-0.05, 0) is 152 Å². The van der Waals surface area contributed by atoms with E-state index in [4.69, 9.17) is 0 Å². The van der Waals surface area contributed by atoms with Crippen LogP contribution in [0.4, 0.5) is 34.1 Å². The maximum Gasteiger partial charge on any atom is 0.0640 e. The van der Waals surface area contributed by atoms with Crippen LogP contribution in [0.5, 0.6) is 0 Å². The van der Waals surface area contributed by atoms with Crippen molar-refractivity contribution in [3.63, 3.8) is 0 Å². The van der Waals surface area contributed by atoms with Gasteiger partial charge in [0.1, 0.15) is 0 Å². The summed E-state index contributed by atoms with van der Waals surface area (Å²) in [5, 5.41) is 11.5. The molecule has 2 heterocycles. The normalized spacial score (nSPS) is 13.2. The average molecular weight is 973 g/mol. The zero-order chi connectivity index (χ0) is 49.8. The highest BCUT2D eigenvalue weighted by Gasteiger charge is 2.28. The number of benzene rings is 9. The van der Waals surface area contributed by atoms with Crippen molar-refractivity contribution < 1.29 is 0 Å². The molecule has 0 aliphatic heterocycles. The highest BCUT2D eigenvalue weighted by molar-refractivity contribution is 7.26. The fourth-order valence-electron chi connectivity index (χ4n) is 11.2. The van der Waals surface area contributed by atoms with Gasteiger partial charge in [0.25, 0.3) is 0 Å². The number of fused-ring (bicyclic) bond motifs is 11. The van der Waals surface area contributed by atoms with E-state index in [1.807, 2.05) is 22.7 Å². The van der Waals surface area contributed by atoms with Crippen molar-refractivity contribution in [2.45, 2.75) is 105 Å². The highest BCUT2D eigenvalue weighted by atomic mass is 32.1. The molecule has 0 radical (unpaired) electrons. The van der Waals surface area contributed by atoms with E-state index < -0.39 is 0 Å². The van der Waals surface area contributed by atoms with E-state index in [9.17, 15) is 0 Å². The maximum absolute atomic E-state index is 2.58. The lowest BCUT2D eigenvalue weighted by molar-refractivity contribution is 0.591. The lowest BCUT2D eigenvalue weighted by Gasteiger charge is -2.31. The number of hydrogen-bond donors (Lipinski definition) is 0. The summed E-state index contributed by atoms with van der Waals surface area (Å²) in [5.74, 6) is 0.882. The Morgan fingerprint density at radius 2 is 0.889 bits per heavy atom. The quantitative estimate of drug-likeness (QED) is 0.140. The topological polar surface area (TPSA) is 6.48 Å². The number of nitrogens with zero attached hydrogens (tertiary/aromatic N) is 2. The first-order valence-corrected chi connectivity index (χ1v) is 27.7. The second-order valence-electron chi connectivity index (χ2n) is 22.9. The largest absolute Gasteiger partial charge is 0.308 e. The standard InChI is InChI=1S/C68H64N2S2/c1-41(2)43-25-29-47(30-26-43)69(59-21-15-19-55-53-17-11-13-23-63(53)71-65(55)59)61-39-45(67(5,6)7)37-57-49-34-36-52-58(50(49)33-35-51(57)61)38-46(68(8,9)10)40-62(52)70(48-31-27-44(28-32-48)42(3)4)60-22-16-20-56-54-18-12-14-24-64(54)72-66(56)60/h11-13,15-23,25-42H,14,24H2,1-10H3. The third-order valence-corrected chi connectivity index (χ3v) is 17.9. The summed E-state index contributed by atoms with van der Waals surface area (Å²) in [5.41, 5.74) is 13.7. The van der Waals surface area contributed by atoms with Crippen LogP contribution in [-0.4, -0.2) is 0 Å². The van der Waals surface area contributed by atoms with E-state index in [0.717, 1.165) is 18.5 Å². The van der Waals surface area contributed by atoms with Crippen molar-refractivity contribution in [1.29, 1.82) is 0 Å². The van der Waals surface area contributed by atoms with Gasteiger partial charge in [0.15, 0.2) is 0 Å². The predicted molar refractivity (Wildman–Crippen MR) is 320 cm³/mol. The molecule has 1 aliphatic carbocycles. The average Bonchev–Trinajstić information content (AvgIpc) is 3.95. The Bertz CT molecular complexity index is 3940. The molecule has 0 spiro atoms. The molecule has 2 aromatic heterocycles. The third kappa shape index (κ3) is 7.81. The molecule has 72 heavy (non-hydrogen) atoms. The molecule has 1 aliphatic rings. The van der Waals surface area contributed by atoms with Crippen LogP contribution in [0.1, 0.15) is 120 Å². The third-order valence-electron chi connectivity index (χ3n) is 15.4. The minimum atomic E-state index is -0.116. The Hall–Kier alpha value is -6.72. The van der Waals surface area contributed by atoms with Gasteiger partial charge in [-0.15, -0.1) is 22.7 Å². The van der Waals surface area contributed by atoms with E-state index in [1.54, 1.807) is 0 Å². The van der Waals surface area contributed by atoms with E-state index >= 15 is 0 Å². The molecular formula is C68H64N2S2. The molecule has 0 amide bonds. The number of anilines is 6. The van der Waals surface area contributed by atoms with Crippen LogP contribution in [0.15, 0.2) is 164 Å². The first kappa shape index (κ1) is 46.4. The Morgan fingerprint density at radius 1 is 0.417 bits per heavy atom. The molecule has 12 rings (SSSR count). The van der Waals surface area contributed by atoms with E-state index in [0.29, 0.717) is 11.8 Å². The van der Waals surface area contributed by atoms with E-state index in [-0.39, 0.29) is 10.8 Å². The highest BCUT2D eigenvalue weighted by Crippen LogP contribution is 2.52.